The smallest absolute Gasteiger partial charge is 0.0960 e. The summed E-state index contributed by atoms with van der Waals surface area (Å²) in [5.41, 5.74) is 8.59. The van der Waals surface area contributed by atoms with Crippen molar-refractivity contribution >= 4 is 17.1 Å². The van der Waals surface area contributed by atoms with Crippen molar-refractivity contribution in [2.24, 2.45) is 4.99 Å². The van der Waals surface area contributed by atoms with E-state index in [4.69, 9.17) is 0 Å². The maximum atomic E-state index is 4.65. The second-order valence-electron chi connectivity index (χ2n) is 8.06. The van der Waals surface area contributed by atoms with Gasteiger partial charge in [0, 0.05) is 36.1 Å². The molecule has 0 unspecified atom stereocenters. The Kier molecular flexibility index (Phi) is 4.97. The standard InChI is InChI=1S/C25H27N5/c1-3-30-17-21(15-26-30)20-8-11-24-23(14-20)25(28-24)18(2)27-22-9-6-19(7-10-22)16-29-12-4-5-13-29/h6-11,14-15,17,27H,2-5,12-13,16H2,1H3. The average Bonchev–Trinajstić information content (AvgIpc) is 3.42. The molecule has 2 aliphatic rings. The number of rotatable bonds is 7. The van der Waals surface area contributed by atoms with Gasteiger partial charge in [-0.1, -0.05) is 24.8 Å². The first-order valence-corrected chi connectivity index (χ1v) is 10.7. The predicted molar refractivity (Wildman–Crippen MR) is 123 cm³/mol. The molecule has 152 valence electrons. The van der Waals surface area contributed by atoms with E-state index < -0.39 is 0 Å². The van der Waals surface area contributed by atoms with Gasteiger partial charge in [0.1, 0.15) is 0 Å². The number of hydrogen-bond acceptors (Lipinski definition) is 4. The molecule has 2 aromatic carbocycles. The van der Waals surface area contributed by atoms with Crippen LogP contribution in [0, 0.1) is 0 Å². The molecule has 0 amide bonds. The summed E-state index contributed by atoms with van der Waals surface area (Å²) < 4.78 is 1.94. The monoisotopic (exact) mass is 397 g/mol. The van der Waals surface area contributed by atoms with Crippen LogP contribution in [0.25, 0.3) is 11.1 Å². The summed E-state index contributed by atoms with van der Waals surface area (Å²) in [4.78, 5) is 7.17. The van der Waals surface area contributed by atoms with Crippen LogP contribution in [0.2, 0.25) is 0 Å². The van der Waals surface area contributed by atoms with Crippen molar-refractivity contribution in [1.29, 1.82) is 0 Å². The molecular formula is C25H27N5. The van der Waals surface area contributed by atoms with Crippen molar-refractivity contribution in [1.82, 2.24) is 14.7 Å². The first-order chi connectivity index (χ1) is 14.7. The Morgan fingerprint density at radius 2 is 1.87 bits per heavy atom. The number of nitrogens with one attached hydrogen (secondary N) is 1. The number of anilines is 1. The Labute approximate surface area is 177 Å². The maximum Gasteiger partial charge on any atom is 0.0960 e. The van der Waals surface area contributed by atoms with Gasteiger partial charge in [0.2, 0.25) is 0 Å². The van der Waals surface area contributed by atoms with Crippen molar-refractivity contribution in [3.63, 3.8) is 0 Å². The lowest BCUT2D eigenvalue weighted by Gasteiger charge is -2.22. The Hall–Kier alpha value is -3.18. The van der Waals surface area contributed by atoms with E-state index in [-0.39, 0.29) is 0 Å². The minimum Gasteiger partial charge on any atom is -0.354 e. The first-order valence-electron chi connectivity index (χ1n) is 10.7. The highest BCUT2D eigenvalue weighted by molar-refractivity contribution is 6.23. The van der Waals surface area contributed by atoms with Crippen LogP contribution in [0.3, 0.4) is 0 Å². The number of benzene rings is 2. The zero-order valence-electron chi connectivity index (χ0n) is 17.4. The number of aryl methyl sites for hydroxylation is 1. The summed E-state index contributed by atoms with van der Waals surface area (Å²) in [5.74, 6) is 0. The fraction of sp³-hybridized carbons (Fsp3) is 0.280. The molecule has 0 atom stereocenters. The van der Waals surface area contributed by atoms with Crippen LogP contribution < -0.4 is 5.32 Å². The van der Waals surface area contributed by atoms with Crippen LogP contribution in [0.1, 0.15) is 30.9 Å². The highest BCUT2D eigenvalue weighted by Gasteiger charge is 2.22. The quantitative estimate of drug-likeness (QED) is 0.594. The van der Waals surface area contributed by atoms with E-state index in [1.165, 1.54) is 31.5 Å². The van der Waals surface area contributed by atoms with E-state index in [1.807, 2.05) is 10.9 Å². The molecule has 5 heteroatoms. The van der Waals surface area contributed by atoms with Gasteiger partial charge in [-0.3, -0.25) is 9.58 Å². The second kappa shape index (κ2) is 7.92. The van der Waals surface area contributed by atoms with Crippen LogP contribution in [0.15, 0.2) is 72.1 Å². The zero-order valence-corrected chi connectivity index (χ0v) is 17.4. The molecule has 30 heavy (non-hydrogen) atoms. The normalized spacial score (nSPS) is 15.4. The molecule has 0 saturated carbocycles. The van der Waals surface area contributed by atoms with Crippen LogP contribution in [0.4, 0.5) is 11.4 Å². The molecule has 3 heterocycles. The molecule has 1 N–H and O–H groups in total. The van der Waals surface area contributed by atoms with Crippen molar-refractivity contribution in [2.75, 3.05) is 18.4 Å². The molecule has 1 saturated heterocycles. The molecule has 0 radical (unpaired) electrons. The van der Waals surface area contributed by atoms with E-state index in [0.717, 1.165) is 52.6 Å². The van der Waals surface area contributed by atoms with Gasteiger partial charge in [0.15, 0.2) is 0 Å². The summed E-state index contributed by atoms with van der Waals surface area (Å²) in [6, 6.07) is 15.0. The van der Waals surface area contributed by atoms with Crippen LogP contribution in [-0.4, -0.2) is 33.5 Å². The molecule has 5 nitrogen and oxygen atoms in total. The number of nitrogens with zero attached hydrogens (tertiary/aromatic N) is 4. The van der Waals surface area contributed by atoms with E-state index >= 15 is 0 Å². The lowest BCUT2D eigenvalue weighted by molar-refractivity contribution is 0.331. The molecule has 3 aromatic rings. The van der Waals surface area contributed by atoms with Gasteiger partial charge in [-0.15, -0.1) is 0 Å². The summed E-state index contributed by atoms with van der Waals surface area (Å²) in [5, 5.41) is 7.81. The number of aliphatic imine (C=N–C) groups is 1. The van der Waals surface area contributed by atoms with E-state index in [1.54, 1.807) is 0 Å². The second-order valence-corrected chi connectivity index (χ2v) is 8.06. The van der Waals surface area contributed by atoms with Gasteiger partial charge in [-0.05, 0) is 68.2 Å². The third-order valence-electron chi connectivity index (χ3n) is 5.91. The van der Waals surface area contributed by atoms with Crippen molar-refractivity contribution in [3.05, 3.63) is 78.3 Å². The predicted octanol–water partition coefficient (Wildman–Crippen LogP) is 5.23. The lowest BCUT2D eigenvalue weighted by Crippen LogP contribution is -2.18. The van der Waals surface area contributed by atoms with Gasteiger partial charge in [-0.25, -0.2) is 4.99 Å². The van der Waals surface area contributed by atoms with Gasteiger partial charge < -0.3 is 5.32 Å². The van der Waals surface area contributed by atoms with E-state index in [2.05, 4.69) is 82.5 Å². The Morgan fingerprint density at radius 3 is 2.60 bits per heavy atom. The number of aromatic nitrogens is 2. The minimum absolute atomic E-state index is 0.830. The SMILES string of the molecule is C=C(Nc1ccc(CN2CCCC2)cc1)C1=Nc2ccc(-c3cnn(CC)c3)cc21. The highest BCUT2D eigenvalue weighted by Crippen LogP contribution is 2.36. The molecule has 2 aliphatic heterocycles. The number of likely N-dealkylation sites (tertiary alicyclic amines) is 1. The van der Waals surface area contributed by atoms with Gasteiger partial charge in [0.25, 0.3) is 0 Å². The van der Waals surface area contributed by atoms with Crippen LogP contribution in [0.5, 0.6) is 0 Å². The number of fused-ring (bicyclic) bond motifs is 1. The molecule has 1 aromatic heterocycles. The molecular weight excluding hydrogens is 370 g/mol. The van der Waals surface area contributed by atoms with Gasteiger partial charge >= 0.3 is 0 Å². The molecule has 0 spiro atoms. The zero-order chi connectivity index (χ0) is 20.5. The maximum absolute atomic E-state index is 4.65. The summed E-state index contributed by atoms with van der Waals surface area (Å²) in [6.45, 7) is 10.7. The molecule has 0 aliphatic carbocycles. The Bertz CT molecular complexity index is 1100. The summed E-state index contributed by atoms with van der Waals surface area (Å²) in [7, 11) is 0. The number of hydrogen-bond donors (Lipinski definition) is 1. The van der Waals surface area contributed by atoms with Crippen molar-refractivity contribution in [2.45, 2.75) is 32.9 Å². The molecule has 0 bridgehead atoms. The summed E-state index contributed by atoms with van der Waals surface area (Å²) >= 11 is 0. The third-order valence-corrected chi connectivity index (χ3v) is 5.91. The van der Waals surface area contributed by atoms with Crippen molar-refractivity contribution < 1.29 is 0 Å². The van der Waals surface area contributed by atoms with Gasteiger partial charge in [0.05, 0.1) is 23.3 Å². The van der Waals surface area contributed by atoms with E-state index in [9.17, 15) is 0 Å². The van der Waals surface area contributed by atoms with Gasteiger partial charge in [-0.2, -0.15) is 5.10 Å². The van der Waals surface area contributed by atoms with Crippen LogP contribution in [-0.2, 0) is 13.1 Å². The highest BCUT2D eigenvalue weighted by atomic mass is 15.3. The Morgan fingerprint density at radius 1 is 1.07 bits per heavy atom. The third kappa shape index (κ3) is 3.68. The first kappa shape index (κ1) is 18.8. The fourth-order valence-electron chi connectivity index (χ4n) is 4.17. The number of allylic oxidation sites excluding steroid dienone is 1. The minimum atomic E-state index is 0.830. The molecule has 1 fully saturated rings. The average molecular weight is 398 g/mol. The van der Waals surface area contributed by atoms with Crippen LogP contribution >= 0.6 is 0 Å². The fourth-order valence-corrected chi connectivity index (χ4v) is 4.17. The van der Waals surface area contributed by atoms with E-state index in [0.29, 0.717) is 0 Å². The van der Waals surface area contributed by atoms with Crippen molar-refractivity contribution in [3.8, 4) is 11.1 Å². The summed E-state index contributed by atoms with van der Waals surface area (Å²) in [6.07, 6.45) is 6.64. The largest absolute Gasteiger partial charge is 0.354 e. The Balaban J connectivity index is 1.26. The topological polar surface area (TPSA) is 45.4 Å². The molecule has 5 rings (SSSR count). The lowest BCUT2D eigenvalue weighted by atomic mass is 9.95.